The number of benzene rings is 1. The van der Waals surface area contributed by atoms with Gasteiger partial charge in [0, 0.05) is 28.9 Å². The molecule has 3 aromatic rings. The summed E-state index contributed by atoms with van der Waals surface area (Å²) in [6.07, 6.45) is 8.23. The van der Waals surface area contributed by atoms with Crippen molar-refractivity contribution in [3.63, 3.8) is 0 Å². The monoisotopic (exact) mass is 453 g/mol. The zero-order chi connectivity index (χ0) is 22.5. The topological polar surface area (TPSA) is 67.5 Å². The van der Waals surface area contributed by atoms with Crippen molar-refractivity contribution in [2.45, 2.75) is 70.5 Å². The summed E-state index contributed by atoms with van der Waals surface area (Å²) in [5.74, 6) is -0.361. The van der Waals surface area contributed by atoms with Gasteiger partial charge in [-0.2, -0.15) is 0 Å². The summed E-state index contributed by atoms with van der Waals surface area (Å²) >= 11 is 6.42. The van der Waals surface area contributed by atoms with Crippen LogP contribution < -0.4 is 10.2 Å². The summed E-state index contributed by atoms with van der Waals surface area (Å²) in [6.45, 7) is 4.07. The van der Waals surface area contributed by atoms with Crippen molar-refractivity contribution in [2.75, 3.05) is 4.90 Å². The van der Waals surface area contributed by atoms with Gasteiger partial charge in [-0.05, 0) is 44.4 Å². The SMILES string of the molecule is Cc1c(Cl)cccc1N1C(=O)c2cc3occc3n2CC1(C)C(=O)NC1CCCCCC1. The van der Waals surface area contributed by atoms with E-state index in [0.717, 1.165) is 36.8 Å². The van der Waals surface area contributed by atoms with Crippen LogP contribution in [0.3, 0.4) is 0 Å². The summed E-state index contributed by atoms with van der Waals surface area (Å²) < 4.78 is 7.46. The van der Waals surface area contributed by atoms with Crippen molar-refractivity contribution in [3.05, 3.63) is 52.9 Å². The van der Waals surface area contributed by atoms with E-state index in [1.807, 2.05) is 36.6 Å². The van der Waals surface area contributed by atoms with Crippen molar-refractivity contribution >= 4 is 40.2 Å². The van der Waals surface area contributed by atoms with Crippen LogP contribution in [0.4, 0.5) is 5.69 Å². The molecule has 0 saturated heterocycles. The molecule has 1 atom stereocenters. The second-order valence-electron chi connectivity index (χ2n) is 9.25. The van der Waals surface area contributed by atoms with Gasteiger partial charge in [-0.25, -0.2) is 0 Å². The number of fused-ring (bicyclic) bond motifs is 3. The highest BCUT2D eigenvalue weighted by atomic mass is 35.5. The van der Waals surface area contributed by atoms with Gasteiger partial charge in [-0.15, -0.1) is 0 Å². The lowest BCUT2D eigenvalue weighted by Crippen LogP contribution is -2.65. The summed E-state index contributed by atoms with van der Waals surface area (Å²) in [6, 6.07) is 9.22. The number of amides is 2. The molecule has 1 aliphatic heterocycles. The quantitative estimate of drug-likeness (QED) is 0.536. The van der Waals surface area contributed by atoms with Gasteiger partial charge in [0.2, 0.25) is 5.91 Å². The highest BCUT2D eigenvalue weighted by Crippen LogP contribution is 2.39. The Morgan fingerprint density at radius 2 is 1.94 bits per heavy atom. The number of halogens is 1. The number of nitrogens with zero attached hydrogens (tertiary/aromatic N) is 2. The van der Waals surface area contributed by atoms with Gasteiger partial charge < -0.3 is 14.3 Å². The van der Waals surface area contributed by atoms with Crippen LogP contribution in [0.1, 0.15) is 61.5 Å². The first-order valence-corrected chi connectivity index (χ1v) is 11.8. The fraction of sp³-hybridized carbons (Fsp3) is 0.440. The molecule has 0 bridgehead atoms. The highest BCUT2D eigenvalue weighted by Gasteiger charge is 2.49. The summed E-state index contributed by atoms with van der Waals surface area (Å²) in [5.41, 5.74) is 2.30. The Kier molecular flexibility index (Phi) is 5.28. The predicted octanol–water partition coefficient (Wildman–Crippen LogP) is 5.45. The molecule has 1 aliphatic carbocycles. The van der Waals surface area contributed by atoms with Crippen molar-refractivity contribution in [1.29, 1.82) is 0 Å². The number of rotatable bonds is 3. The van der Waals surface area contributed by atoms with Crippen LogP contribution in [0.25, 0.3) is 11.1 Å². The van der Waals surface area contributed by atoms with Crippen LogP contribution in [-0.2, 0) is 11.3 Å². The van der Waals surface area contributed by atoms with Gasteiger partial charge >= 0.3 is 0 Å². The van der Waals surface area contributed by atoms with Gasteiger partial charge in [0.05, 0.1) is 18.3 Å². The van der Waals surface area contributed by atoms with E-state index in [2.05, 4.69) is 5.32 Å². The Hall–Kier alpha value is -2.73. The molecule has 1 saturated carbocycles. The van der Waals surface area contributed by atoms with E-state index in [1.165, 1.54) is 12.8 Å². The molecule has 5 rings (SSSR count). The molecule has 168 valence electrons. The maximum atomic E-state index is 13.9. The fourth-order valence-electron chi connectivity index (χ4n) is 5.19. The van der Waals surface area contributed by atoms with E-state index in [4.69, 9.17) is 16.0 Å². The molecule has 6 nitrogen and oxygen atoms in total. The predicted molar refractivity (Wildman–Crippen MR) is 125 cm³/mol. The number of hydrogen-bond donors (Lipinski definition) is 1. The van der Waals surface area contributed by atoms with Gasteiger partial charge in [0.15, 0.2) is 5.58 Å². The molecule has 2 aliphatic rings. The first-order chi connectivity index (χ1) is 15.4. The molecular weight excluding hydrogens is 426 g/mol. The summed E-state index contributed by atoms with van der Waals surface area (Å²) in [7, 11) is 0. The molecule has 1 N–H and O–H groups in total. The summed E-state index contributed by atoms with van der Waals surface area (Å²) in [4.78, 5) is 29.3. The molecule has 0 radical (unpaired) electrons. The normalized spacial score (nSPS) is 22.1. The largest absolute Gasteiger partial charge is 0.463 e. The highest BCUT2D eigenvalue weighted by molar-refractivity contribution is 6.32. The van der Waals surface area contributed by atoms with E-state index < -0.39 is 5.54 Å². The fourth-order valence-corrected chi connectivity index (χ4v) is 5.36. The lowest BCUT2D eigenvalue weighted by atomic mass is 9.92. The minimum absolute atomic E-state index is 0.131. The Morgan fingerprint density at radius 1 is 1.19 bits per heavy atom. The molecule has 1 fully saturated rings. The molecule has 0 spiro atoms. The van der Waals surface area contributed by atoms with Crippen LogP contribution >= 0.6 is 11.6 Å². The van der Waals surface area contributed by atoms with Gasteiger partial charge in [0.1, 0.15) is 11.2 Å². The first kappa shape index (κ1) is 21.1. The van der Waals surface area contributed by atoms with Crippen molar-refractivity contribution < 1.29 is 14.0 Å². The average molecular weight is 454 g/mol. The van der Waals surface area contributed by atoms with E-state index in [1.54, 1.807) is 23.3 Å². The van der Waals surface area contributed by atoms with E-state index >= 15 is 0 Å². The van der Waals surface area contributed by atoms with Crippen molar-refractivity contribution in [2.24, 2.45) is 0 Å². The number of carbonyl (C=O) groups is 2. The lowest BCUT2D eigenvalue weighted by Gasteiger charge is -2.45. The Bertz CT molecular complexity index is 1190. The molecular formula is C25H28ClN3O3. The zero-order valence-electron chi connectivity index (χ0n) is 18.5. The first-order valence-electron chi connectivity index (χ1n) is 11.4. The van der Waals surface area contributed by atoms with Crippen LogP contribution in [0.15, 0.2) is 41.0 Å². The van der Waals surface area contributed by atoms with Crippen LogP contribution in [-0.4, -0.2) is 28.0 Å². The molecule has 2 amide bonds. The minimum atomic E-state index is -1.12. The zero-order valence-corrected chi connectivity index (χ0v) is 19.2. The van der Waals surface area contributed by atoms with Crippen molar-refractivity contribution in [3.8, 4) is 0 Å². The molecule has 3 heterocycles. The smallest absolute Gasteiger partial charge is 0.276 e. The number of carbonyl (C=O) groups excluding carboxylic acids is 2. The van der Waals surface area contributed by atoms with Crippen LogP contribution in [0, 0.1) is 6.92 Å². The number of aromatic nitrogens is 1. The number of nitrogens with one attached hydrogen (secondary N) is 1. The second kappa shape index (κ2) is 8.00. The Balaban J connectivity index is 1.61. The molecule has 32 heavy (non-hydrogen) atoms. The third-order valence-electron chi connectivity index (χ3n) is 7.06. The van der Waals surface area contributed by atoms with Crippen molar-refractivity contribution in [1.82, 2.24) is 9.88 Å². The minimum Gasteiger partial charge on any atom is -0.463 e. The van der Waals surface area contributed by atoms with Gasteiger partial charge in [-0.3, -0.25) is 14.5 Å². The molecule has 1 aromatic carbocycles. The number of anilines is 1. The maximum Gasteiger partial charge on any atom is 0.276 e. The average Bonchev–Trinajstić information content (AvgIpc) is 3.26. The molecule has 7 heteroatoms. The van der Waals surface area contributed by atoms with E-state index in [9.17, 15) is 9.59 Å². The maximum absolute atomic E-state index is 13.9. The van der Waals surface area contributed by atoms with Gasteiger partial charge in [-0.1, -0.05) is 43.4 Å². The third-order valence-corrected chi connectivity index (χ3v) is 7.47. The lowest BCUT2D eigenvalue weighted by molar-refractivity contribution is -0.127. The standard InChI is InChI=1S/C25H28ClN3O3/c1-16-18(26)10-7-11-19(16)29-23(30)21-14-22-20(12-13-32-22)28(21)15-25(29,2)24(31)27-17-8-5-3-4-6-9-17/h7,10-14,17H,3-6,8-9,15H2,1-2H3,(H,27,31). The van der Waals surface area contributed by atoms with Gasteiger partial charge in [0.25, 0.3) is 5.91 Å². The second-order valence-corrected chi connectivity index (χ2v) is 9.65. The van der Waals surface area contributed by atoms with Crippen LogP contribution in [0.2, 0.25) is 5.02 Å². The molecule has 2 aromatic heterocycles. The Morgan fingerprint density at radius 3 is 2.69 bits per heavy atom. The Labute approximate surface area is 192 Å². The third kappa shape index (κ3) is 3.32. The van der Waals surface area contributed by atoms with Crippen LogP contribution in [0.5, 0.6) is 0 Å². The number of hydrogen-bond acceptors (Lipinski definition) is 3. The van der Waals surface area contributed by atoms with E-state index in [0.29, 0.717) is 28.5 Å². The van der Waals surface area contributed by atoms with E-state index in [-0.39, 0.29) is 17.9 Å². The molecule has 1 unspecified atom stereocenters. The summed E-state index contributed by atoms with van der Waals surface area (Å²) in [5, 5.41) is 3.85. The number of furan rings is 1.